The fourth-order valence-electron chi connectivity index (χ4n) is 2.87. The third-order valence-corrected chi connectivity index (χ3v) is 10.2. The third-order valence-electron chi connectivity index (χ3n) is 5.86. The van der Waals surface area contributed by atoms with E-state index in [2.05, 4.69) is 33.9 Å². The van der Waals surface area contributed by atoms with Crippen LogP contribution in [0.3, 0.4) is 0 Å². The Labute approximate surface area is 176 Å². The molecule has 158 valence electrons. The summed E-state index contributed by atoms with van der Waals surface area (Å²) in [4.78, 5) is 14.3. The van der Waals surface area contributed by atoms with Gasteiger partial charge in [0.05, 0.1) is 0 Å². The SMILES string of the molecule is CCN(CC)C(=O)c1ccc(Cc2ccc(O)c(O[Si](C)(C)C(C)(C)C)c2)cc1. The molecule has 5 heteroatoms. The van der Waals surface area contributed by atoms with Crippen LogP contribution in [0.25, 0.3) is 0 Å². The van der Waals surface area contributed by atoms with Crippen molar-refractivity contribution < 1.29 is 14.3 Å². The maximum atomic E-state index is 12.5. The van der Waals surface area contributed by atoms with Crippen LogP contribution < -0.4 is 4.43 Å². The van der Waals surface area contributed by atoms with Gasteiger partial charge in [0.1, 0.15) is 5.75 Å². The summed E-state index contributed by atoms with van der Waals surface area (Å²) in [6.07, 6.45) is 0.716. The second-order valence-electron chi connectivity index (χ2n) is 9.02. The molecule has 2 rings (SSSR count). The quantitative estimate of drug-likeness (QED) is 0.579. The summed E-state index contributed by atoms with van der Waals surface area (Å²) in [5.74, 6) is 0.803. The Morgan fingerprint density at radius 1 is 1.00 bits per heavy atom. The zero-order valence-electron chi connectivity index (χ0n) is 18.9. The zero-order chi connectivity index (χ0) is 21.8. The molecule has 29 heavy (non-hydrogen) atoms. The van der Waals surface area contributed by atoms with Crippen LogP contribution in [0.5, 0.6) is 11.5 Å². The van der Waals surface area contributed by atoms with Gasteiger partial charge in [-0.05, 0) is 73.8 Å². The highest BCUT2D eigenvalue weighted by Crippen LogP contribution is 2.40. The highest BCUT2D eigenvalue weighted by molar-refractivity contribution is 6.74. The minimum atomic E-state index is -2.03. The molecule has 4 nitrogen and oxygen atoms in total. The Morgan fingerprint density at radius 2 is 1.55 bits per heavy atom. The summed E-state index contributed by atoms with van der Waals surface area (Å²) >= 11 is 0. The number of nitrogens with zero attached hydrogens (tertiary/aromatic N) is 1. The average molecular weight is 414 g/mol. The molecule has 0 atom stereocenters. The molecule has 0 radical (unpaired) electrons. The zero-order valence-corrected chi connectivity index (χ0v) is 19.9. The Kier molecular flexibility index (Phi) is 7.17. The number of phenols is 1. The normalized spacial score (nSPS) is 12.0. The van der Waals surface area contributed by atoms with E-state index >= 15 is 0 Å². The van der Waals surface area contributed by atoms with Crippen LogP contribution in [0.15, 0.2) is 42.5 Å². The molecule has 1 amide bonds. The van der Waals surface area contributed by atoms with Crippen molar-refractivity contribution in [2.45, 2.75) is 59.2 Å². The van der Waals surface area contributed by atoms with Gasteiger partial charge in [-0.1, -0.05) is 39.0 Å². The number of carbonyl (C=O) groups excluding carboxylic acids is 1. The second-order valence-corrected chi connectivity index (χ2v) is 13.7. The first-order valence-electron chi connectivity index (χ1n) is 10.4. The topological polar surface area (TPSA) is 49.8 Å². The van der Waals surface area contributed by atoms with Gasteiger partial charge in [0.2, 0.25) is 0 Å². The molecule has 0 saturated heterocycles. The molecule has 0 unspecified atom stereocenters. The van der Waals surface area contributed by atoms with E-state index in [9.17, 15) is 9.90 Å². The van der Waals surface area contributed by atoms with E-state index in [4.69, 9.17) is 4.43 Å². The molecule has 0 spiro atoms. The maximum Gasteiger partial charge on any atom is 0.253 e. The number of amides is 1. The Balaban J connectivity index is 2.18. The first-order chi connectivity index (χ1) is 13.5. The van der Waals surface area contributed by atoms with E-state index in [0.717, 1.165) is 11.1 Å². The monoisotopic (exact) mass is 413 g/mol. The number of carbonyl (C=O) groups is 1. The lowest BCUT2D eigenvalue weighted by molar-refractivity contribution is 0.0773. The summed E-state index contributed by atoms with van der Waals surface area (Å²) in [6.45, 7) is 16.3. The molecule has 0 heterocycles. The van der Waals surface area contributed by atoms with Crippen molar-refractivity contribution in [3.05, 3.63) is 59.2 Å². The van der Waals surface area contributed by atoms with Crippen molar-refractivity contribution in [1.29, 1.82) is 0 Å². The molecule has 1 N–H and O–H groups in total. The lowest BCUT2D eigenvalue weighted by Gasteiger charge is -2.36. The first-order valence-corrected chi connectivity index (χ1v) is 13.3. The number of rotatable bonds is 7. The van der Waals surface area contributed by atoms with Crippen LogP contribution in [-0.4, -0.2) is 37.3 Å². The molecule has 2 aromatic carbocycles. The molecule has 0 aromatic heterocycles. The first kappa shape index (κ1) is 23.0. The van der Waals surface area contributed by atoms with Crippen molar-refractivity contribution in [3.63, 3.8) is 0 Å². The molecule has 0 aliphatic heterocycles. The van der Waals surface area contributed by atoms with Crippen LogP contribution in [0.1, 0.15) is 56.1 Å². The lowest BCUT2D eigenvalue weighted by Crippen LogP contribution is -2.43. The van der Waals surface area contributed by atoms with Gasteiger partial charge in [-0.25, -0.2) is 0 Å². The van der Waals surface area contributed by atoms with Crippen LogP contribution in [0.4, 0.5) is 0 Å². The third kappa shape index (κ3) is 5.63. The Hall–Kier alpha value is -2.27. The number of benzene rings is 2. The van der Waals surface area contributed by atoms with Crippen molar-refractivity contribution >= 4 is 14.2 Å². The average Bonchev–Trinajstić information content (AvgIpc) is 2.65. The lowest BCUT2D eigenvalue weighted by atomic mass is 10.0. The molecule has 2 aromatic rings. The maximum absolute atomic E-state index is 12.5. The summed E-state index contributed by atoms with van der Waals surface area (Å²) in [7, 11) is -2.03. The van der Waals surface area contributed by atoms with Crippen molar-refractivity contribution in [3.8, 4) is 11.5 Å². The minimum absolute atomic E-state index is 0.0582. The van der Waals surface area contributed by atoms with Crippen molar-refractivity contribution in [2.24, 2.45) is 0 Å². The van der Waals surface area contributed by atoms with E-state index in [1.165, 1.54) is 0 Å². The number of aromatic hydroxyl groups is 1. The largest absolute Gasteiger partial charge is 0.541 e. The van der Waals surface area contributed by atoms with Gasteiger partial charge in [-0.15, -0.1) is 0 Å². The van der Waals surface area contributed by atoms with E-state index in [1.54, 1.807) is 6.07 Å². The van der Waals surface area contributed by atoms with Crippen LogP contribution in [-0.2, 0) is 6.42 Å². The van der Waals surface area contributed by atoms with E-state index in [0.29, 0.717) is 30.8 Å². The predicted molar refractivity (Wildman–Crippen MR) is 122 cm³/mol. The number of hydrogen-bond donors (Lipinski definition) is 1. The Morgan fingerprint density at radius 3 is 2.07 bits per heavy atom. The minimum Gasteiger partial charge on any atom is -0.541 e. The van der Waals surface area contributed by atoms with Crippen LogP contribution >= 0.6 is 0 Å². The standard InChI is InChI=1S/C24H35NO3Si/c1-8-25(9-2)23(27)20-13-10-18(11-14-20)16-19-12-15-21(26)22(17-19)28-29(6,7)24(3,4)5/h10-15,17,26H,8-9,16H2,1-7H3. The summed E-state index contributed by atoms with van der Waals surface area (Å²) in [5, 5.41) is 10.3. The predicted octanol–water partition coefficient (Wildman–Crippen LogP) is 5.85. The van der Waals surface area contributed by atoms with E-state index in [1.807, 2.05) is 55.1 Å². The number of phenolic OH excluding ortho intramolecular Hbond substituents is 1. The fourth-order valence-corrected chi connectivity index (χ4v) is 3.89. The van der Waals surface area contributed by atoms with Gasteiger partial charge in [0.25, 0.3) is 14.2 Å². The van der Waals surface area contributed by atoms with Gasteiger partial charge in [-0.3, -0.25) is 4.79 Å². The van der Waals surface area contributed by atoms with Gasteiger partial charge in [-0.2, -0.15) is 0 Å². The smallest absolute Gasteiger partial charge is 0.253 e. The second kappa shape index (κ2) is 9.03. The molecule has 0 saturated carbocycles. The summed E-state index contributed by atoms with van der Waals surface area (Å²) < 4.78 is 6.32. The fraction of sp³-hybridized carbons (Fsp3) is 0.458. The van der Waals surface area contributed by atoms with Crippen LogP contribution in [0, 0.1) is 0 Å². The van der Waals surface area contributed by atoms with Gasteiger partial charge >= 0.3 is 0 Å². The van der Waals surface area contributed by atoms with Gasteiger partial charge in [0, 0.05) is 18.7 Å². The molecule has 0 aliphatic carbocycles. The molecule has 0 aliphatic rings. The molecule has 0 fully saturated rings. The molecular weight excluding hydrogens is 378 g/mol. The highest BCUT2D eigenvalue weighted by atomic mass is 28.4. The number of hydrogen-bond acceptors (Lipinski definition) is 3. The molecule has 0 bridgehead atoms. The highest BCUT2D eigenvalue weighted by Gasteiger charge is 2.39. The van der Waals surface area contributed by atoms with Crippen molar-refractivity contribution in [2.75, 3.05) is 13.1 Å². The van der Waals surface area contributed by atoms with Crippen LogP contribution in [0.2, 0.25) is 18.1 Å². The summed E-state index contributed by atoms with van der Waals surface area (Å²) in [5.41, 5.74) is 2.90. The van der Waals surface area contributed by atoms with Crippen molar-refractivity contribution in [1.82, 2.24) is 4.90 Å². The Bertz CT molecular complexity index is 834. The van der Waals surface area contributed by atoms with Gasteiger partial charge in [0.15, 0.2) is 5.75 Å². The van der Waals surface area contributed by atoms with Gasteiger partial charge < -0.3 is 14.4 Å². The molecular formula is C24H35NO3Si. The summed E-state index contributed by atoms with van der Waals surface area (Å²) in [6, 6.07) is 13.3. The van der Waals surface area contributed by atoms with E-state index < -0.39 is 8.32 Å². The van der Waals surface area contributed by atoms with E-state index in [-0.39, 0.29) is 16.7 Å².